The van der Waals surface area contributed by atoms with Gasteiger partial charge in [0.25, 0.3) is 0 Å². The van der Waals surface area contributed by atoms with E-state index in [1.165, 1.54) is 6.42 Å². The van der Waals surface area contributed by atoms with Gasteiger partial charge in [-0.25, -0.2) is 0 Å². The van der Waals surface area contributed by atoms with E-state index < -0.39 is 5.60 Å². The second kappa shape index (κ2) is 4.50. The zero-order valence-electron chi connectivity index (χ0n) is 8.75. The largest absolute Gasteiger partial charge is 0.389 e. The highest BCUT2D eigenvalue weighted by Crippen LogP contribution is 2.30. The van der Waals surface area contributed by atoms with Crippen LogP contribution in [-0.2, 0) is 6.42 Å². The third-order valence-corrected chi connectivity index (χ3v) is 3.31. The molecule has 0 unspecified atom stereocenters. The minimum absolute atomic E-state index is 0.529. The van der Waals surface area contributed by atoms with Crippen molar-refractivity contribution in [1.29, 1.82) is 0 Å². The molecule has 0 saturated heterocycles. The first-order valence-electron chi connectivity index (χ1n) is 5.51. The van der Waals surface area contributed by atoms with Crippen LogP contribution in [0, 0.1) is 0 Å². The van der Waals surface area contributed by atoms with E-state index in [0.717, 1.165) is 31.4 Å². The molecule has 2 nitrogen and oxygen atoms in total. The lowest BCUT2D eigenvalue weighted by Crippen LogP contribution is -2.34. The number of hydrogen-bond acceptors (Lipinski definition) is 2. The van der Waals surface area contributed by atoms with Crippen molar-refractivity contribution in [3.63, 3.8) is 0 Å². The Morgan fingerprint density at radius 3 is 2.60 bits per heavy atom. The zero-order valence-corrected chi connectivity index (χ0v) is 9.50. The van der Waals surface area contributed by atoms with Crippen LogP contribution in [0.3, 0.4) is 0 Å². The fourth-order valence-electron chi connectivity index (χ4n) is 2.23. The van der Waals surface area contributed by atoms with Gasteiger partial charge in [0.1, 0.15) is 0 Å². The number of rotatable bonds is 2. The van der Waals surface area contributed by atoms with Gasteiger partial charge in [-0.1, -0.05) is 30.9 Å². The molecule has 1 aliphatic rings. The number of hydrogen-bond donors (Lipinski definition) is 1. The standard InChI is InChI=1S/C12H16ClNO/c13-10-4-5-11(14-9-10)8-12(15)6-2-1-3-7-12/h4-5,9,15H,1-3,6-8H2. The van der Waals surface area contributed by atoms with Gasteiger partial charge in [0.05, 0.1) is 10.6 Å². The Kier molecular flexibility index (Phi) is 3.27. The van der Waals surface area contributed by atoms with Crippen molar-refractivity contribution in [2.24, 2.45) is 0 Å². The molecular weight excluding hydrogens is 210 g/mol. The van der Waals surface area contributed by atoms with Gasteiger partial charge in [0.15, 0.2) is 0 Å². The smallest absolute Gasteiger partial charge is 0.0703 e. The topological polar surface area (TPSA) is 33.1 Å². The van der Waals surface area contributed by atoms with E-state index in [0.29, 0.717) is 11.4 Å². The second-order valence-corrected chi connectivity index (χ2v) is 4.87. The maximum Gasteiger partial charge on any atom is 0.0703 e. The van der Waals surface area contributed by atoms with Crippen LogP contribution < -0.4 is 0 Å². The Hall–Kier alpha value is -0.600. The molecule has 3 heteroatoms. The predicted octanol–water partition coefficient (Wildman–Crippen LogP) is 2.97. The Labute approximate surface area is 95.3 Å². The van der Waals surface area contributed by atoms with E-state index in [9.17, 15) is 5.11 Å². The van der Waals surface area contributed by atoms with Crippen LogP contribution in [0.1, 0.15) is 37.8 Å². The maximum absolute atomic E-state index is 10.3. The van der Waals surface area contributed by atoms with E-state index >= 15 is 0 Å². The van der Waals surface area contributed by atoms with Gasteiger partial charge in [-0.3, -0.25) is 4.98 Å². The Morgan fingerprint density at radius 1 is 1.27 bits per heavy atom. The summed E-state index contributed by atoms with van der Waals surface area (Å²) >= 11 is 5.76. The van der Waals surface area contributed by atoms with Crippen molar-refractivity contribution in [3.05, 3.63) is 29.0 Å². The number of aromatic nitrogens is 1. The molecule has 1 saturated carbocycles. The molecule has 1 aliphatic carbocycles. The molecule has 0 spiro atoms. The van der Waals surface area contributed by atoms with Crippen LogP contribution in [-0.4, -0.2) is 15.7 Å². The summed E-state index contributed by atoms with van der Waals surface area (Å²) in [5.41, 5.74) is 0.405. The molecule has 0 amide bonds. The van der Waals surface area contributed by atoms with Crippen LogP contribution in [0.5, 0.6) is 0 Å². The Balaban J connectivity index is 2.03. The van der Waals surface area contributed by atoms with Crippen molar-refractivity contribution in [3.8, 4) is 0 Å². The molecule has 15 heavy (non-hydrogen) atoms. The first-order valence-corrected chi connectivity index (χ1v) is 5.89. The normalized spacial score (nSPS) is 20.1. The molecule has 1 N–H and O–H groups in total. The van der Waals surface area contributed by atoms with Gasteiger partial charge in [-0.2, -0.15) is 0 Å². The van der Waals surface area contributed by atoms with Crippen LogP contribution in [0.25, 0.3) is 0 Å². The summed E-state index contributed by atoms with van der Waals surface area (Å²) in [6.07, 6.45) is 7.60. The highest BCUT2D eigenvalue weighted by atomic mass is 35.5. The Bertz CT molecular complexity index is 317. The van der Waals surface area contributed by atoms with Crippen LogP contribution in [0.4, 0.5) is 0 Å². The fourth-order valence-corrected chi connectivity index (χ4v) is 2.35. The van der Waals surface area contributed by atoms with E-state index in [1.54, 1.807) is 6.20 Å². The van der Waals surface area contributed by atoms with E-state index in [1.807, 2.05) is 12.1 Å². The number of aliphatic hydroxyl groups is 1. The molecule has 0 aromatic carbocycles. The molecule has 2 rings (SSSR count). The highest BCUT2D eigenvalue weighted by molar-refractivity contribution is 6.30. The van der Waals surface area contributed by atoms with Crippen molar-refractivity contribution in [2.45, 2.75) is 44.1 Å². The fraction of sp³-hybridized carbons (Fsp3) is 0.583. The quantitative estimate of drug-likeness (QED) is 0.840. The van der Waals surface area contributed by atoms with Gasteiger partial charge in [0.2, 0.25) is 0 Å². The van der Waals surface area contributed by atoms with Crippen molar-refractivity contribution in [1.82, 2.24) is 4.98 Å². The minimum atomic E-state index is -0.529. The molecule has 0 aliphatic heterocycles. The second-order valence-electron chi connectivity index (χ2n) is 4.43. The van der Waals surface area contributed by atoms with Crippen molar-refractivity contribution < 1.29 is 5.11 Å². The van der Waals surface area contributed by atoms with Crippen LogP contribution >= 0.6 is 11.6 Å². The average Bonchev–Trinajstić information content (AvgIpc) is 2.22. The maximum atomic E-state index is 10.3. The summed E-state index contributed by atoms with van der Waals surface area (Å²) in [6, 6.07) is 3.73. The number of nitrogens with zero attached hydrogens (tertiary/aromatic N) is 1. The van der Waals surface area contributed by atoms with Crippen molar-refractivity contribution >= 4 is 11.6 Å². The summed E-state index contributed by atoms with van der Waals surface area (Å²) in [4.78, 5) is 4.23. The zero-order chi connectivity index (χ0) is 10.7. The lowest BCUT2D eigenvalue weighted by molar-refractivity contribution is 0.00367. The molecule has 1 heterocycles. The summed E-state index contributed by atoms with van der Waals surface area (Å²) in [5.74, 6) is 0. The number of halogens is 1. The number of pyridine rings is 1. The molecular formula is C12H16ClNO. The van der Waals surface area contributed by atoms with Crippen LogP contribution in [0.2, 0.25) is 5.02 Å². The average molecular weight is 226 g/mol. The van der Waals surface area contributed by atoms with Gasteiger partial charge >= 0.3 is 0 Å². The minimum Gasteiger partial charge on any atom is -0.389 e. The molecule has 1 aromatic rings. The summed E-state index contributed by atoms with van der Waals surface area (Å²) < 4.78 is 0. The summed E-state index contributed by atoms with van der Waals surface area (Å²) in [6.45, 7) is 0. The van der Waals surface area contributed by atoms with E-state index in [4.69, 9.17) is 11.6 Å². The first-order chi connectivity index (χ1) is 7.18. The predicted molar refractivity (Wildman–Crippen MR) is 61.0 cm³/mol. The SMILES string of the molecule is OC1(Cc2ccc(Cl)cn2)CCCCC1. The lowest BCUT2D eigenvalue weighted by atomic mass is 9.81. The Morgan fingerprint density at radius 2 is 2.00 bits per heavy atom. The van der Waals surface area contributed by atoms with Crippen LogP contribution in [0.15, 0.2) is 18.3 Å². The lowest BCUT2D eigenvalue weighted by Gasteiger charge is -2.31. The monoisotopic (exact) mass is 225 g/mol. The van der Waals surface area contributed by atoms with Gasteiger partial charge in [-0.15, -0.1) is 0 Å². The highest BCUT2D eigenvalue weighted by Gasteiger charge is 2.29. The molecule has 0 atom stereocenters. The third-order valence-electron chi connectivity index (χ3n) is 3.08. The van der Waals surface area contributed by atoms with Gasteiger partial charge in [-0.05, 0) is 25.0 Å². The molecule has 82 valence electrons. The first kappa shape index (κ1) is 10.9. The summed E-state index contributed by atoms with van der Waals surface area (Å²) in [5, 5.41) is 11.0. The third kappa shape index (κ3) is 2.93. The molecule has 1 fully saturated rings. The molecule has 0 radical (unpaired) electrons. The van der Waals surface area contributed by atoms with Gasteiger partial charge in [0, 0.05) is 18.3 Å². The van der Waals surface area contributed by atoms with Gasteiger partial charge < -0.3 is 5.11 Å². The summed E-state index contributed by atoms with van der Waals surface area (Å²) in [7, 11) is 0. The molecule has 0 bridgehead atoms. The molecule has 1 aromatic heterocycles. The van der Waals surface area contributed by atoms with E-state index in [2.05, 4.69) is 4.98 Å². The van der Waals surface area contributed by atoms with Crippen molar-refractivity contribution in [2.75, 3.05) is 0 Å². The van der Waals surface area contributed by atoms with E-state index in [-0.39, 0.29) is 0 Å².